The third kappa shape index (κ3) is 4.25. The average Bonchev–Trinajstić information content (AvgIpc) is 2.15. The van der Waals surface area contributed by atoms with Crippen molar-refractivity contribution in [2.45, 2.75) is 44.9 Å². The highest BCUT2D eigenvalue weighted by Gasteiger charge is 2.05. The first kappa shape index (κ1) is 11.0. The van der Waals surface area contributed by atoms with Gasteiger partial charge in [0.25, 0.3) is 0 Å². The zero-order valence-corrected chi connectivity index (χ0v) is 8.71. The van der Waals surface area contributed by atoms with Gasteiger partial charge in [0.1, 0.15) is 0 Å². The maximum Gasteiger partial charge on any atom is 0.427 e. The zero-order chi connectivity index (χ0) is 10.2. The summed E-state index contributed by atoms with van der Waals surface area (Å²) >= 11 is 0. The van der Waals surface area contributed by atoms with Gasteiger partial charge in [-0.05, 0) is 25.7 Å². The Morgan fingerprint density at radius 3 is 2.36 bits per heavy atom. The van der Waals surface area contributed by atoms with E-state index in [1.54, 1.807) is 0 Å². The number of ether oxygens (including phenoxy) is 1. The van der Waals surface area contributed by atoms with Crippen molar-refractivity contribution in [3.63, 3.8) is 0 Å². The Hall–Kier alpha value is -1.06. The molecule has 14 heavy (non-hydrogen) atoms. The van der Waals surface area contributed by atoms with E-state index in [2.05, 4.69) is 15.3 Å². The largest absolute Gasteiger partial charge is 0.452 e. The van der Waals surface area contributed by atoms with Gasteiger partial charge in [-0.25, -0.2) is 10.2 Å². The van der Waals surface area contributed by atoms with E-state index in [0.29, 0.717) is 0 Å². The van der Waals surface area contributed by atoms with Crippen molar-refractivity contribution in [3.05, 3.63) is 0 Å². The van der Waals surface area contributed by atoms with Crippen molar-refractivity contribution in [3.8, 4) is 0 Å². The number of hydrogen-bond acceptors (Lipinski definition) is 3. The smallest absolute Gasteiger partial charge is 0.427 e. The number of hydrogen-bond donors (Lipinski definition) is 1. The summed E-state index contributed by atoms with van der Waals surface area (Å²) < 4.78 is 4.44. The van der Waals surface area contributed by atoms with Crippen LogP contribution in [0.15, 0.2) is 5.10 Å². The highest BCUT2D eigenvalue weighted by molar-refractivity contribution is 5.85. The normalized spacial score (nSPS) is 17.9. The number of methoxy groups -OCH3 is 1. The quantitative estimate of drug-likeness (QED) is 0.658. The van der Waals surface area contributed by atoms with Crippen LogP contribution in [0.4, 0.5) is 4.79 Å². The molecule has 0 aromatic carbocycles. The molecule has 1 aliphatic rings. The van der Waals surface area contributed by atoms with Gasteiger partial charge in [-0.15, -0.1) is 0 Å². The molecule has 4 nitrogen and oxygen atoms in total. The molecule has 0 aromatic heterocycles. The topological polar surface area (TPSA) is 50.7 Å². The summed E-state index contributed by atoms with van der Waals surface area (Å²) in [6.45, 7) is 0. The molecule has 0 radical (unpaired) electrons. The molecule has 1 saturated carbocycles. The summed E-state index contributed by atoms with van der Waals surface area (Å²) in [5.41, 5.74) is 3.47. The Morgan fingerprint density at radius 1 is 1.21 bits per heavy atom. The predicted octanol–water partition coefficient (Wildman–Crippen LogP) is 2.44. The first-order valence-electron chi connectivity index (χ1n) is 5.22. The monoisotopic (exact) mass is 198 g/mol. The minimum Gasteiger partial charge on any atom is -0.452 e. The SMILES string of the molecule is COC(=O)NN=C1CCCCCCC1. The standard InChI is InChI=1S/C10H18N2O2/c1-14-10(13)12-11-9-7-5-3-2-4-6-8-9/h2-8H2,1H3,(H,12,13). The van der Waals surface area contributed by atoms with Gasteiger partial charge in [0.05, 0.1) is 7.11 Å². The summed E-state index contributed by atoms with van der Waals surface area (Å²) in [6, 6.07) is 0. The Morgan fingerprint density at radius 2 is 1.79 bits per heavy atom. The van der Waals surface area contributed by atoms with Crippen molar-refractivity contribution in [2.75, 3.05) is 7.11 Å². The van der Waals surface area contributed by atoms with Gasteiger partial charge < -0.3 is 4.74 Å². The third-order valence-electron chi connectivity index (χ3n) is 2.42. The number of nitrogens with zero attached hydrogens (tertiary/aromatic N) is 1. The van der Waals surface area contributed by atoms with Gasteiger partial charge >= 0.3 is 6.09 Å². The Bertz CT molecular complexity index is 204. The molecule has 1 N–H and O–H groups in total. The van der Waals surface area contributed by atoms with Crippen LogP contribution in [0.5, 0.6) is 0 Å². The molecule has 0 spiro atoms. The molecule has 80 valence electrons. The highest BCUT2D eigenvalue weighted by Crippen LogP contribution is 2.14. The highest BCUT2D eigenvalue weighted by atomic mass is 16.5. The number of nitrogens with one attached hydrogen (secondary N) is 1. The molecule has 1 fully saturated rings. The first-order valence-corrected chi connectivity index (χ1v) is 5.22. The molecule has 1 aliphatic carbocycles. The number of carbonyl (C=O) groups excluding carboxylic acids is 1. The average molecular weight is 198 g/mol. The Balaban J connectivity index is 2.35. The van der Waals surface area contributed by atoms with E-state index in [1.165, 1.54) is 39.2 Å². The van der Waals surface area contributed by atoms with E-state index in [4.69, 9.17) is 0 Å². The first-order chi connectivity index (χ1) is 6.83. The maximum atomic E-state index is 10.8. The van der Waals surface area contributed by atoms with Crippen LogP contribution in [-0.2, 0) is 4.74 Å². The van der Waals surface area contributed by atoms with Gasteiger partial charge in [0.15, 0.2) is 0 Å². The van der Waals surface area contributed by atoms with Crippen LogP contribution in [-0.4, -0.2) is 18.9 Å². The second kappa shape index (κ2) is 6.40. The van der Waals surface area contributed by atoms with Crippen LogP contribution in [0.3, 0.4) is 0 Å². The second-order valence-electron chi connectivity index (χ2n) is 3.55. The molecule has 0 aromatic rings. The van der Waals surface area contributed by atoms with Crippen LogP contribution in [0.25, 0.3) is 0 Å². The summed E-state index contributed by atoms with van der Waals surface area (Å²) in [5, 5.41) is 4.05. The lowest BCUT2D eigenvalue weighted by Crippen LogP contribution is -2.19. The minimum absolute atomic E-state index is 0.487. The van der Waals surface area contributed by atoms with Gasteiger partial charge in [-0.1, -0.05) is 19.3 Å². The minimum atomic E-state index is -0.487. The maximum absolute atomic E-state index is 10.8. The van der Waals surface area contributed by atoms with Gasteiger partial charge in [0.2, 0.25) is 0 Å². The summed E-state index contributed by atoms with van der Waals surface area (Å²) in [4.78, 5) is 10.8. The molecule has 0 saturated heterocycles. The Labute approximate surface area is 84.7 Å². The lowest BCUT2D eigenvalue weighted by molar-refractivity contribution is 0.171. The van der Waals surface area contributed by atoms with E-state index < -0.39 is 6.09 Å². The van der Waals surface area contributed by atoms with Crippen LogP contribution in [0, 0.1) is 0 Å². The molecular formula is C10H18N2O2. The van der Waals surface area contributed by atoms with Gasteiger partial charge in [0, 0.05) is 5.71 Å². The molecule has 0 aliphatic heterocycles. The van der Waals surface area contributed by atoms with Crippen molar-refractivity contribution in [1.29, 1.82) is 0 Å². The fourth-order valence-electron chi connectivity index (χ4n) is 1.60. The molecular weight excluding hydrogens is 180 g/mol. The fourth-order valence-corrected chi connectivity index (χ4v) is 1.60. The van der Waals surface area contributed by atoms with Crippen molar-refractivity contribution in [2.24, 2.45) is 5.10 Å². The molecule has 1 amide bonds. The summed E-state index contributed by atoms with van der Waals surface area (Å²) in [7, 11) is 1.34. The molecule has 0 heterocycles. The Kier molecular flexibility index (Phi) is 5.04. The number of amides is 1. The molecule has 0 unspecified atom stereocenters. The van der Waals surface area contributed by atoms with Gasteiger partial charge in [-0.3, -0.25) is 0 Å². The van der Waals surface area contributed by atoms with E-state index in [1.807, 2.05) is 0 Å². The van der Waals surface area contributed by atoms with E-state index in [0.717, 1.165) is 18.6 Å². The lowest BCUT2D eigenvalue weighted by Gasteiger charge is -2.10. The van der Waals surface area contributed by atoms with Crippen LogP contribution in [0.2, 0.25) is 0 Å². The second-order valence-corrected chi connectivity index (χ2v) is 3.55. The van der Waals surface area contributed by atoms with Gasteiger partial charge in [-0.2, -0.15) is 5.10 Å². The van der Waals surface area contributed by atoms with Crippen LogP contribution >= 0.6 is 0 Å². The van der Waals surface area contributed by atoms with Crippen molar-refractivity contribution >= 4 is 11.8 Å². The molecule has 1 rings (SSSR count). The number of hydrazone groups is 1. The summed E-state index contributed by atoms with van der Waals surface area (Å²) in [6.07, 6.45) is 7.77. The van der Waals surface area contributed by atoms with Crippen molar-refractivity contribution in [1.82, 2.24) is 5.43 Å². The van der Waals surface area contributed by atoms with E-state index >= 15 is 0 Å². The molecule has 0 bridgehead atoms. The third-order valence-corrected chi connectivity index (χ3v) is 2.42. The molecule has 0 atom stereocenters. The van der Waals surface area contributed by atoms with Crippen LogP contribution < -0.4 is 5.43 Å². The van der Waals surface area contributed by atoms with Crippen LogP contribution in [0.1, 0.15) is 44.9 Å². The van der Waals surface area contributed by atoms with Crippen molar-refractivity contribution < 1.29 is 9.53 Å². The van der Waals surface area contributed by atoms with E-state index in [9.17, 15) is 4.79 Å². The zero-order valence-electron chi connectivity index (χ0n) is 8.71. The summed E-state index contributed by atoms with van der Waals surface area (Å²) in [5.74, 6) is 0. The fraction of sp³-hybridized carbons (Fsp3) is 0.800. The lowest BCUT2D eigenvalue weighted by atomic mass is 9.99. The predicted molar refractivity (Wildman–Crippen MR) is 55.3 cm³/mol. The molecule has 4 heteroatoms. The van der Waals surface area contributed by atoms with E-state index in [-0.39, 0.29) is 0 Å². The number of carbonyl (C=O) groups is 1. The number of rotatable bonds is 1.